The van der Waals surface area contributed by atoms with E-state index >= 15 is 0 Å². The molecule has 0 bridgehead atoms. The highest BCUT2D eigenvalue weighted by molar-refractivity contribution is 5.88. The van der Waals surface area contributed by atoms with Crippen LogP contribution in [0.15, 0.2) is 12.7 Å². The van der Waals surface area contributed by atoms with Gasteiger partial charge in [-0.15, -0.1) is 0 Å². The van der Waals surface area contributed by atoms with E-state index in [-0.39, 0.29) is 24.7 Å². The summed E-state index contributed by atoms with van der Waals surface area (Å²) in [4.78, 5) is 37.6. The van der Waals surface area contributed by atoms with Crippen LogP contribution >= 0.6 is 0 Å². The topological polar surface area (TPSA) is 78.9 Å². The van der Waals surface area contributed by atoms with Crippen LogP contribution in [0.1, 0.15) is 117 Å². The van der Waals surface area contributed by atoms with Crippen molar-refractivity contribution < 1.29 is 28.6 Å². The van der Waals surface area contributed by atoms with Crippen LogP contribution in [0.2, 0.25) is 0 Å². The average Bonchev–Trinajstić information content (AvgIpc) is 2.84. The van der Waals surface area contributed by atoms with Crippen molar-refractivity contribution in [3.05, 3.63) is 12.7 Å². The minimum absolute atomic E-state index is 0.204. The van der Waals surface area contributed by atoms with Gasteiger partial charge in [0.05, 0.1) is 19.1 Å². The molecule has 1 aliphatic rings. The second kappa shape index (κ2) is 17.6. The molecule has 1 rings (SSSR count). The lowest BCUT2D eigenvalue weighted by Crippen LogP contribution is -2.48. The van der Waals surface area contributed by atoms with Gasteiger partial charge in [-0.1, -0.05) is 78.7 Å². The van der Waals surface area contributed by atoms with Crippen molar-refractivity contribution in [3.63, 3.8) is 0 Å². The van der Waals surface area contributed by atoms with Crippen LogP contribution in [0.3, 0.4) is 0 Å². The number of ether oxygens (including phenoxy) is 3. The van der Waals surface area contributed by atoms with Crippen LogP contribution in [-0.4, -0.2) is 36.7 Å². The second-order valence-electron chi connectivity index (χ2n) is 9.72. The molecule has 0 amide bonds. The fourth-order valence-electron chi connectivity index (χ4n) is 4.62. The summed E-state index contributed by atoms with van der Waals surface area (Å²) >= 11 is 0. The molecule has 1 unspecified atom stereocenters. The van der Waals surface area contributed by atoms with E-state index in [9.17, 15) is 14.4 Å². The molecule has 0 radical (unpaired) electrons. The maximum Gasteiger partial charge on any atom is 0.350 e. The number of rotatable bonds is 18. The van der Waals surface area contributed by atoms with Gasteiger partial charge in [0.1, 0.15) is 0 Å². The van der Waals surface area contributed by atoms with Gasteiger partial charge in [0.15, 0.2) is 0 Å². The molecular weight excluding hydrogens is 432 g/mol. The van der Waals surface area contributed by atoms with Crippen molar-refractivity contribution in [1.82, 2.24) is 0 Å². The van der Waals surface area contributed by atoms with E-state index in [1.54, 1.807) is 0 Å². The first-order chi connectivity index (χ1) is 16.4. The first kappa shape index (κ1) is 30.2. The van der Waals surface area contributed by atoms with Crippen LogP contribution in [0.5, 0.6) is 0 Å². The summed E-state index contributed by atoms with van der Waals surface area (Å²) in [6.45, 7) is 10.7. The Balaban J connectivity index is 2.59. The lowest BCUT2D eigenvalue weighted by Gasteiger charge is -2.36. The SMILES string of the molecule is C=CC(=O)OC1(C(=O)OCCCCCCC)CCC(C(=O)OCC(CCC)CCCCC)CC1. The van der Waals surface area contributed by atoms with E-state index in [4.69, 9.17) is 14.2 Å². The molecule has 1 aliphatic carbocycles. The van der Waals surface area contributed by atoms with Crippen molar-refractivity contribution >= 4 is 17.9 Å². The van der Waals surface area contributed by atoms with E-state index in [1.165, 1.54) is 25.7 Å². The Hall–Kier alpha value is -1.85. The van der Waals surface area contributed by atoms with Crippen LogP contribution in [0, 0.1) is 11.8 Å². The maximum absolute atomic E-state index is 12.9. The molecule has 1 saturated carbocycles. The summed E-state index contributed by atoms with van der Waals surface area (Å²) < 4.78 is 16.7. The van der Waals surface area contributed by atoms with Gasteiger partial charge in [-0.25, -0.2) is 9.59 Å². The van der Waals surface area contributed by atoms with Crippen LogP contribution in [0.25, 0.3) is 0 Å². The monoisotopic (exact) mass is 480 g/mol. The summed E-state index contributed by atoms with van der Waals surface area (Å²) in [7, 11) is 0. The molecule has 0 aliphatic heterocycles. The molecule has 0 saturated heterocycles. The third-order valence-corrected chi connectivity index (χ3v) is 6.82. The zero-order valence-electron chi connectivity index (χ0n) is 21.9. The quantitative estimate of drug-likeness (QED) is 0.0940. The summed E-state index contributed by atoms with van der Waals surface area (Å²) in [5.41, 5.74) is -1.34. The molecule has 0 aromatic heterocycles. The summed E-state index contributed by atoms with van der Waals surface area (Å²) in [6.07, 6.45) is 14.5. The minimum Gasteiger partial charge on any atom is -0.465 e. The van der Waals surface area contributed by atoms with E-state index in [0.29, 0.717) is 32.0 Å². The van der Waals surface area contributed by atoms with E-state index < -0.39 is 17.5 Å². The summed E-state index contributed by atoms with van der Waals surface area (Å²) in [6, 6.07) is 0. The number of hydrogen-bond donors (Lipinski definition) is 0. The highest BCUT2D eigenvalue weighted by atomic mass is 16.6. The first-order valence-corrected chi connectivity index (χ1v) is 13.6. The molecule has 0 aromatic rings. The van der Waals surface area contributed by atoms with E-state index in [1.807, 2.05) is 0 Å². The van der Waals surface area contributed by atoms with Crippen LogP contribution in [-0.2, 0) is 28.6 Å². The van der Waals surface area contributed by atoms with Crippen molar-refractivity contribution in [3.8, 4) is 0 Å². The smallest absolute Gasteiger partial charge is 0.350 e. The van der Waals surface area contributed by atoms with E-state index in [2.05, 4.69) is 27.4 Å². The number of hydrogen-bond acceptors (Lipinski definition) is 6. The fraction of sp³-hybridized carbons (Fsp3) is 0.821. The molecule has 0 N–H and O–H groups in total. The largest absolute Gasteiger partial charge is 0.465 e. The number of unbranched alkanes of at least 4 members (excludes halogenated alkanes) is 6. The Kier molecular flexibility index (Phi) is 15.6. The number of carbonyl (C=O) groups is 3. The van der Waals surface area contributed by atoms with Gasteiger partial charge in [-0.3, -0.25) is 4.79 Å². The predicted molar refractivity (Wildman–Crippen MR) is 134 cm³/mol. The fourth-order valence-corrected chi connectivity index (χ4v) is 4.62. The standard InChI is InChI=1S/C28H48O6/c1-5-9-11-12-14-21-32-27(31)28(34-25(29)8-4)19-17-24(18-20-28)26(30)33-22-23(15-7-3)16-13-10-6-2/h8,23-24H,4-7,9-22H2,1-3H3. The molecule has 1 atom stereocenters. The maximum atomic E-state index is 12.9. The molecule has 6 nitrogen and oxygen atoms in total. The second-order valence-corrected chi connectivity index (χ2v) is 9.72. The highest BCUT2D eigenvalue weighted by Crippen LogP contribution is 2.37. The summed E-state index contributed by atoms with van der Waals surface area (Å²) in [5, 5.41) is 0. The van der Waals surface area contributed by atoms with Crippen molar-refractivity contribution in [2.24, 2.45) is 11.8 Å². The first-order valence-electron chi connectivity index (χ1n) is 13.6. The minimum atomic E-state index is -1.34. The number of carbonyl (C=O) groups excluding carboxylic acids is 3. The molecule has 0 aromatic carbocycles. The van der Waals surface area contributed by atoms with E-state index in [0.717, 1.165) is 51.0 Å². The Labute approximate surface area is 207 Å². The Bertz CT molecular complexity index is 606. The van der Waals surface area contributed by atoms with Gasteiger partial charge in [0.25, 0.3) is 0 Å². The number of esters is 3. The molecule has 6 heteroatoms. The lowest BCUT2D eigenvalue weighted by atomic mass is 9.78. The average molecular weight is 481 g/mol. The predicted octanol–water partition coefficient (Wildman–Crippen LogP) is 6.70. The van der Waals surface area contributed by atoms with Gasteiger partial charge in [-0.2, -0.15) is 0 Å². The van der Waals surface area contributed by atoms with Gasteiger partial charge < -0.3 is 14.2 Å². The van der Waals surface area contributed by atoms with Crippen molar-refractivity contribution in [2.45, 2.75) is 123 Å². The van der Waals surface area contributed by atoms with Crippen LogP contribution in [0.4, 0.5) is 0 Å². The lowest BCUT2D eigenvalue weighted by molar-refractivity contribution is -0.186. The zero-order chi connectivity index (χ0) is 25.2. The van der Waals surface area contributed by atoms with Crippen molar-refractivity contribution in [2.75, 3.05) is 13.2 Å². The third-order valence-electron chi connectivity index (χ3n) is 6.82. The normalized spacial score (nSPS) is 20.9. The van der Waals surface area contributed by atoms with Crippen LogP contribution < -0.4 is 0 Å². The molecule has 34 heavy (non-hydrogen) atoms. The Morgan fingerprint density at radius 3 is 2.15 bits per heavy atom. The summed E-state index contributed by atoms with van der Waals surface area (Å²) in [5.74, 6) is -1.23. The van der Waals surface area contributed by atoms with Gasteiger partial charge in [0.2, 0.25) is 5.60 Å². The molecule has 0 spiro atoms. The van der Waals surface area contributed by atoms with Gasteiger partial charge >= 0.3 is 17.9 Å². The van der Waals surface area contributed by atoms with Gasteiger partial charge in [0, 0.05) is 6.08 Å². The molecular formula is C28H48O6. The van der Waals surface area contributed by atoms with Crippen molar-refractivity contribution in [1.29, 1.82) is 0 Å². The Morgan fingerprint density at radius 2 is 1.53 bits per heavy atom. The van der Waals surface area contributed by atoms with Gasteiger partial charge in [-0.05, 0) is 50.9 Å². The molecule has 0 heterocycles. The third kappa shape index (κ3) is 11.1. The molecule has 1 fully saturated rings. The Morgan fingerprint density at radius 1 is 0.882 bits per heavy atom. The highest BCUT2D eigenvalue weighted by Gasteiger charge is 2.48. The zero-order valence-corrected chi connectivity index (χ0v) is 21.9. The molecule has 196 valence electrons.